The molecular formula is C5H11NO2S. The van der Waals surface area contributed by atoms with E-state index in [1.165, 1.54) is 0 Å². The highest BCUT2D eigenvalue weighted by atomic mass is 32.2. The van der Waals surface area contributed by atoms with Crippen LogP contribution in [0.3, 0.4) is 0 Å². The molecule has 3 nitrogen and oxygen atoms in total. The highest BCUT2D eigenvalue weighted by molar-refractivity contribution is 7.89. The van der Waals surface area contributed by atoms with Gasteiger partial charge in [-0.15, -0.1) is 0 Å². The quantitative estimate of drug-likeness (QED) is 0.584. The molecule has 0 aromatic heterocycles. The normalized spacial score (nSPS) is 11.3. The van der Waals surface area contributed by atoms with Crippen LogP contribution in [-0.4, -0.2) is 14.2 Å². The van der Waals surface area contributed by atoms with Crippen LogP contribution in [0.2, 0.25) is 0 Å². The molecule has 0 heterocycles. The SMILES string of the molecule is C=C(CC)CS(N)(=O)=O. The summed E-state index contributed by atoms with van der Waals surface area (Å²) < 4.78 is 20.6. The summed E-state index contributed by atoms with van der Waals surface area (Å²) in [6.07, 6.45) is 0.663. The molecule has 0 radical (unpaired) electrons. The Kier molecular flexibility index (Phi) is 2.87. The number of rotatable bonds is 3. The molecular weight excluding hydrogens is 138 g/mol. The van der Waals surface area contributed by atoms with Crippen molar-refractivity contribution in [2.24, 2.45) is 5.14 Å². The highest BCUT2D eigenvalue weighted by Crippen LogP contribution is 1.97. The first-order valence-electron chi connectivity index (χ1n) is 2.63. The first kappa shape index (κ1) is 8.65. The lowest BCUT2D eigenvalue weighted by atomic mass is 10.3. The average Bonchev–Trinajstić information content (AvgIpc) is 1.62. The zero-order chi connectivity index (χ0) is 7.49. The van der Waals surface area contributed by atoms with E-state index in [1.807, 2.05) is 6.92 Å². The smallest absolute Gasteiger partial charge is 0.212 e. The van der Waals surface area contributed by atoms with Gasteiger partial charge in [0.1, 0.15) is 0 Å². The van der Waals surface area contributed by atoms with Crippen LogP contribution < -0.4 is 5.14 Å². The minimum atomic E-state index is -3.33. The van der Waals surface area contributed by atoms with Crippen molar-refractivity contribution in [3.05, 3.63) is 12.2 Å². The zero-order valence-corrected chi connectivity index (χ0v) is 6.24. The lowest BCUT2D eigenvalue weighted by molar-refractivity contribution is 0.599. The number of hydrogen-bond acceptors (Lipinski definition) is 2. The molecule has 0 aromatic carbocycles. The summed E-state index contributed by atoms with van der Waals surface area (Å²) in [5.74, 6) is -0.0938. The van der Waals surface area contributed by atoms with Crippen LogP contribution in [0.25, 0.3) is 0 Å². The van der Waals surface area contributed by atoms with Crippen molar-refractivity contribution in [2.45, 2.75) is 13.3 Å². The molecule has 0 bridgehead atoms. The van der Waals surface area contributed by atoms with E-state index in [-0.39, 0.29) is 5.75 Å². The minimum Gasteiger partial charge on any atom is -0.228 e. The van der Waals surface area contributed by atoms with Gasteiger partial charge < -0.3 is 0 Å². The molecule has 0 atom stereocenters. The minimum absolute atomic E-state index is 0.0938. The van der Waals surface area contributed by atoms with Crippen molar-refractivity contribution < 1.29 is 8.42 Å². The Bertz CT molecular complexity index is 193. The fraction of sp³-hybridized carbons (Fsp3) is 0.600. The third kappa shape index (κ3) is 5.52. The Balaban J connectivity index is 3.91. The van der Waals surface area contributed by atoms with E-state index in [9.17, 15) is 8.42 Å². The number of hydrogen-bond donors (Lipinski definition) is 1. The van der Waals surface area contributed by atoms with Crippen molar-refractivity contribution in [3.63, 3.8) is 0 Å². The lowest BCUT2D eigenvalue weighted by Crippen LogP contribution is -2.17. The average molecular weight is 149 g/mol. The molecule has 4 heteroatoms. The van der Waals surface area contributed by atoms with Crippen LogP contribution in [-0.2, 0) is 10.0 Å². The zero-order valence-electron chi connectivity index (χ0n) is 5.42. The summed E-state index contributed by atoms with van der Waals surface area (Å²) in [6, 6.07) is 0. The van der Waals surface area contributed by atoms with Gasteiger partial charge in [0.25, 0.3) is 0 Å². The molecule has 0 aliphatic carbocycles. The van der Waals surface area contributed by atoms with Crippen molar-refractivity contribution in [1.29, 1.82) is 0 Å². The summed E-state index contributed by atoms with van der Waals surface area (Å²) in [5.41, 5.74) is 0.650. The maximum atomic E-state index is 10.3. The first-order chi connectivity index (χ1) is 3.95. The van der Waals surface area contributed by atoms with E-state index in [0.29, 0.717) is 12.0 Å². The molecule has 0 aliphatic heterocycles. The molecule has 54 valence electrons. The fourth-order valence-electron chi connectivity index (χ4n) is 0.387. The van der Waals surface area contributed by atoms with E-state index in [2.05, 4.69) is 6.58 Å². The van der Waals surface area contributed by atoms with Crippen LogP contribution in [0.1, 0.15) is 13.3 Å². The lowest BCUT2D eigenvalue weighted by Gasteiger charge is -1.96. The molecule has 0 aliphatic rings. The van der Waals surface area contributed by atoms with Gasteiger partial charge in [0, 0.05) is 0 Å². The van der Waals surface area contributed by atoms with Crippen LogP contribution >= 0.6 is 0 Å². The number of primary sulfonamides is 1. The predicted octanol–water partition coefficient (Wildman–Crippen LogP) is 0.241. The van der Waals surface area contributed by atoms with Gasteiger partial charge in [-0.25, -0.2) is 13.6 Å². The standard InChI is InChI=1S/C5H11NO2S/c1-3-5(2)4-9(6,7)8/h2-4H2,1H3,(H2,6,7,8). The third-order valence-electron chi connectivity index (χ3n) is 0.905. The van der Waals surface area contributed by atoms with Crippen LogP contribution in [0.15, 0.2) is 12.2 Å². The predicted molar refractivity (Wildman–Crippen MR) is 37.4 cm³/mol. The van der Waals surface area contributed by atoms with Gasteiger partial charge in [-0.05, 0) is 6.42 Å². The van der Waals surface area contributed by atoms with Crippen molar-refractivity contribution in [1.82, 2.24) is 0 Å². The van der Waals surface area contributed by atoms with E-state index in [1.54, 1.807) is 0 Å². The second-order valence-electron chi connectivity index (χ2n) is 1.91. The molecule has 9 heavy (non-hydrogen) atoms. The molecule has 0 saturated heterocycles. The fourth-order valence-corrected chi connectivity index (χ4v) is 1.16. The topological polar surface area (TPSA) is 60.2 Å². The molecule has 0 rings (SSSR count). The second kappa shape index (κ2) is 2.98. The summed E-state index contributed by atoms with van der Waals surface area (Å²) >= 11 is 0. The Morgan fingerprint density at radius 2 is 2.11 bits per heavy atom. The van der Waals surface area contributed by atoms with Gasteiger partial charge >= 0.3 is 0 Å². The Morgan fingerprint density at radius 1 is 1.67 bits per heavy atom. The molecule has 0 unspecified atom stereocenters. The van der Waals surface area contributed by atoms with Gasteiger partial charge in [0.05, 0.1) is 5.75 Å². The summed E-state index contributed by atoms with van der Waals surface area (Å²) in [6.45, 7) is 5.34. The van der Waals surface area contributed by atoms with E-state index >= 15 is 0 Å². The number of sulfonamides is 1. The summed E-state index contributed by atoms with van der Waals surface area (Å²) in [4.78, 5) is 0. The van der Waals surface area contributed by atoms with Crippen LogP contribution in [0.4, 0.5) is 0 Å². The summed E-state index contributed by atoms with van der Waals surface area (Å²) in [5, 5.41) is 4.72. The van der Waals surface area contributed by atoms with E-state index < -0.39 is 10.0 Å². The van der Waals surface area contributed by atoms with Gasteiger partial charge in [-0.3, -0.25) is 0 Å². The third-order valence-corrected chi connectivity index (χ3v) is 1.72. The van der Waals surface area contributed by atoms with Crippen LogP contribution in [0, 0.1) is 0 Å². The van der Waals surface area contributed by atoms with Gasteiger partial charge in [-0.2, -0.15) is 0 Å². The van der Waals surface area contributed by atoms with Crippen molar-refractivity contribution in [3.8, 4) is 0 Å². The Labute approximate surface area is 55.6 Å². The second-order valence-corrected chi connectivity index (χ2v) is 3.53. The molecule has 2 N–H and O–H groups in total. The molecule has 0 fully saturated rings. The van der Waals surface area contributed by atoms with Gasteiger partial charge in [0.15, 0.2) is 0 Å². The van der Waals surface area contributed by atoms with Crippen molar-refractivity contribution in [2.75, 3.05) is 5.75 Å². The monoisotopic (exact) mass is 149 g/mol. The first-order valence-corrected chi connectivity index (χ1v) is 4.34. The van der Waals surface area contributed by atoms with E-state index in [4.69, 9.17) is 5.14 Å². The van der Waals surface area contributed by atoms with Gasteiger partial charge in [0.2, 0.25) is 10.0 Å². The Hall–Kier alpha value is -0.350. The molecule has 0 saturated carbocycles. The highest BCUT2D eigenvalue weighted by Gasteiger charge is 2.02. The Morgan fingerprint density at radius 3 is 2.22 bits per heavy atom. The van der Waals surface area contributed by atoms with Crippen LogP contribution in [0.5, 0.6) is 0 Å². The largest absolute Gasteiger partial charge is 0.228 e. The van der Waals surface area contributed by atoms with Crippen molar-refractivity contribution >= 4 is 10.0 Å². The van der Waals surface area contributed by atoms with E-state index in [0.717, 1.165) is 0 Å². The van der Waals surface area contributed by atoms with Gasteiger partial charge in [-0.1, -0.05) is 19.1 Å². The maximum absolute atomic E-state index is 10.3. The number of nitrogens with two attached hydrogens (primary N) is 1. The molecule has 0 spiro atoms. The maximum Gasteiger partial charge on any atom is 0.212 e. The molecule has 0 aromatic rings. The molecule has 0 amide bonds. The summed E-state index contributed by atoms with van der Waals surface area (Å²) in [7, 11) is -3.33.